The Balaban J connectivity index is 1.55. The van der Waals surface area contributed by atoms with Gasteiger partial charge in [-0.2, -0.15) is 5.10 Å². The summed E-state index contributed by atoms with van der Waals surface area (Å²) in [5.41, 5.74) is 2.71. The molecule has 3 rings (SSSR count). The first-order valence-electron chi connectivity index (χ1n) is 8.14. The molecule has 0 bridgehead atoms. The van der Waals surface area contributed by atoms with E-state index in [-0.39, 0.29) is 17.7 Å². The van der Waals surface area contributed by atoms with Gasteiger partial charge in [-0.05, 0) is 42.7 Å². The molecule has 1 atom stereocenters. The summed E-state index contributed by atoms with van der Waals surface area (Å²) < 4.78 is 1.68. The predicted molar refractivity (Wildman–Crippen MR) is 94.3 cm³/mol. The van der Waals surface area contributed by atoms with Crippen LogP contribution in [0.3, 0.4) is 0 Å². The summed E-state index contributed by atoms with van der Waals surface area (Å²) in [4.78, 5) is 16.1. The Morgan fingerprint density at radius 2 is 1.96 bits per heavy atom. The van der Waals surface area contributed by atoms with Gasteiger partial charge in [0.2, 0.25) is 5.91 Å². The number of benzene rings is 2. The smallest absolute Gasteiger partial charge is 0.220 e. The first kappa shape index (κ1) is 16.7. The molecule has 0 radical (unpaired) electrons. The molecular weight excluding hydrogens is 316 g/mol. The number of aryl methyl sites for hydroxylation is 1. The lowest BCUT2D eigenvalue weighted by Gasteiger charge is -2.15. The van der Waals surface area contributed by atoms with Crippen molar-refractivity contribution in [1.29, 1.82) is 0 Å². The number of para-hydroxylation sites is 1. The Hall–Kier alpha value is -3.15. The number of nitrogens with one attached hydrogen (secondary N) is 1. The van der Waals surface area contributed by atoms with Crippen molar-refractivity contribution in [3.05, 3.63) is 72.3 Å². The van der Waals surface area contributed by atoms with E-state index in [0.29, 0.717) is 12.8 Å². The maximum Gasteiger partial charge on any atom is 0.220 e. The Morgan fingerprint density at radius 3 is 2.64 bits per heavy atom. The van der Waals surface area contributed by atoms with Crippen LogP contribution in [-0.4, -0.2) is 25.8 Å². The molecule has 0 saturated heterocycles. The fourth-order valence-electron chi connectivity index (χ4n) is 2.62. The van der Waals surface area contributed by atoms with Crippen molar-refractivity contribution < 1.29 is 9.90 Å². The van der Waals surface area contributed by atoms with Gasteiger partial charge >= 0.3 is 0 Å². The van der Waals surface area contributed by atoms with Crippen molar-refractivity contribution in [1.82, 2.24) is 20.1 Å². The van der Waals surface area contributed by atoms with Gasteiger partial charge < -0.3 is 10.4 Å². The van der Waals surface area contributed by atoms with Crippen LogP contribution < -0.4 is 5.32 Å². The zero-order chi connectivity index (χ0) is 17.6. The second kappa shape index (κ2) is 7.61. The maximum atomic E-state index is 12.1. The van der Waals surface area contributed by atoms with Crippen LogP contribution in [0.25, 0.3) is 5.69 Å². The first-order valence-corrected chi connectivity index (χ1v) is 8.14. The number of rotatable bonds is 6. The van der Waals surface area contributed by atoms with Gasteiger partial charge in [0, 0.05) is 6.42 Å². The van der Waals surface area contributed by atoms with Crippen molar-refractivity contribution >= 4 is 5.91 Å². The summed E-state index contributed by atoms with van der Waals surface area (Å²) in [5.74, 6) is 0.183. The van der Waals surface area contributed by atoms with E-state index in [1.165, 1.54) is 6.33 Å². The van der Waals surface area contributed by atoms with Gasteiger partial charge in [-0.1, -0.05) is 30.3 Å². The quantitative estimate of drug-likeness (QED) is 0.725. The minimum absolute atomic E-state index is 0.0453. The lowest BCUT2D eigenvalue weighted by molar-refractivity contribution is -0.121. The van der Waals surface area contributed by atoms with E-state index in [4.69, 9.17) is 0 Å². The number of aromatic nitrogens is 3. The Labute approximate surface area is 146 Å². The number of phenols is 1. The molecule has 0 aliphatic rings. The highest BCUT2D eigenvalue weighted by atomic mass is 16.3. The average Bonchev–Trinajstić information content (AvgIpc) is 3.16. The van der Waals surface area contributed by atoms with Crippen LogP contribution in [-0.2, 0) is 11.2 Å². The van der Waals surface area contributed by atoms with Gasteiger partial charge in [0.25, 0.3) is 0 Å². The number of aromatic hydroxyl groups is 1. The highest BCUT2D eigenvalue weighted by molar-refractivity contribution is 5.76. The normalized spacial score (nSPS) is 11.9. The largest absolute Gasteiger partial charge is 0.508 e. The summed E-state index contributed by atoms with van der Waals surface area (Å²) in [6, 6.07) is 14.8. The van der Waals surface area contributed by atoms with Crippen LogP contribution in [0.2, 0.25) is 0 Å². The van der Waals surface area contributed by atoms with E-state index >= 15 is 0 Å². The van der Waals surface area contributed by atoms with Crippen molar-refractivity contribution in [3.8, 4) is 11.4 Å². The van der Waals surface area contributed by atoms with Gasteiger partial charge in [-0.25, -0.2) is 9.67 Å². The van der Waals surface area contributed by atoms with Gasteiger partial charge in [-0.3, -0.25) is 4.79 Å². The second-order valence-electron chi connectivity index (χ2n) is 5.85. The minimum atomic E-state index is -0.0957. The number of hydrogen-bond acceptors (Lipinski definition) is 4. The van der Waals surface area contributed by atoms with E-state index < -0.39 is 0 Å². The third-order valence-electron chi connectivity index (χ3n) is 4.07. The summed E-state index contributed by atoms with van der Waals surface area (Å²) in [6.45, 7) is 1.95. The number of phenolic OH excluding ortho intramolecular Hbond substituents is 1. The molecule has 0 unspecified atom stereocenters. The molecule has 0 spiro atoms. The van der Waals surface area contributed by atoms with Crippen molar-refractivity contribution in [2.75, 3.05) is 0 Å². The lowest BCUT2D eigenvalue weighted by Crippen LogP contribution is -2.26. The van der Waals surface area contributed by atoms with Crippen LogP contribution in [0, 0.1) is 0 Å². The van der Waals surface area contributed by atoms with Crippen LogP contribution in [0.1, 0.15) is 30.5 Å². The molecule has 0 fully saturated rings. The molecular formula is C19H20N4O2. The third-order valence-corrected chi connectivity index (χ3v) is 4.07. The summed E-state index contributed by atoms with van der Waals surface area (Å²) >= 11 is 0. The van der Waals surface area contributed by atoms with Gasteiger partial charge in [0.05, 0.1) is 11.7 Å². The summed E-state index contributed by atoms with van der Waals surface area (Å²) in [7, 11) is 0. The zero-order valence-corrected chi connectivity index (χ0v) is 14.0. The second-order valence-corrected chi connectivity index (χ2v) is 5.85. The Bertz CT molecular complexity index is 829. The topological polar surface area (TPSA) is 80.0 Å². The molecule has 2 aromatic carbocycles. The van der Waals surface area contributed by atoms with E-state index in [1.54, 1.807) is 23.1 Å². The van der Waals surface area contributed by atoms with Crippen molar-refractivity contribution in [3.63, 3.8) is 0 Å². The van der Waals surface area contributed by atoms with Crippen molar-refractivity contribution in [2.24, 2.45) is 0 Å². The summed E-state index contributed by atoms with van der Waals surface area (Å²) in [5, 5.41) is 16.8. The average molecular weight is 336 g/mol. The first-order chi connectivity index (χ1) is 12.1. The number of nitrogens with zero attached hydrogens (tertiary/aromatic N) is 3. The molecule has 6 heteroatoms. The standard InChI is InChI=1S/C19H20N4O2/c1-14(15-6-9-17(10-7-15)23-13-20-12-21-23)22-19(25)11-8-16-4-2-3-5-18(16)24/h2-7,9-10,12-14,24H,8,11H2,1H3,(H,22,25)/t14-/m1/s1. The minimum Gasteiger partial charge on any atom is -0.508 e. The number of hydrogen-bond donors (Lipinski definition) is 2. The molecule has 25 heavy (non-hydrogen) atoms. The molecule has 6 nitrogen and oxygen atoms in total. The van der Waals surface area contributed by atoms with E-state index in [0.717, 1.165) is 16.8 Å². The molecule has 0 saturated carbocycles. The van der Waals surface area contributed by atoms with E-state index in [2.05, 4.69) is 15.4 Å². The Kier molecular flexibility index (Phi) is 5.09. The monoisotopic (exact) mass is 336 g/mol. The van der Waals surface area contributed by atoms with Crippen LogP contribution in [0.15, 0.2) is 61.2 Å². The van der Waals surface area contributed by atoms with Crippen molar-refractivity contribution in [2.45, 2.75) is 25.8 Å². The summed E-state index contributed by atoms with van der Waals surface area (Å²) in [6.07, 6.45) is 3.97. The highest BCUT2D eigenvalue weighted by Crippen LogP contribution is 2.18. The highest BCUT2D eigenvalue weighted by Gasteiger charge is 2.11. The third kappa shape index (κ3) is 4.23. The zero-order valence-electron chi connectivity index (χ0n) is 14.0. The molecule has 2 N–H and O–H groups in total. The fourth-order valence-corrected chi connectivity index (χ4v) is 2.62. The molecule has 3 aromatic rings. The number of carbonyl (C=O) groups is 1. The van der Waals surface area contributed by atoms with Gasteiger partial charge in [0.15, 0.2) is 0 Å². The van der Waals surface area contributed by atoms with Crippen LogP contribution in [0.5, 0.6) is 5.75 Å². The molecule has 0 aliphatic carbocycles. The van der Waals surface area contributed by atoms with Gasteiger partial charge in [0.1, 0.15) is 18.4 Å². The molecule has 1 heterocycles. The number of carbonyl (C=O) groups excluding carboxylic acids is 1. The van der Waals surface area contributed by atoms with E-state index in [9.17, 15) is 9.90 Å². The fraction of sp³-hybridized carbons (Fsp3) is 0.211. The molecule has 0 aliphatic heterocycles. The maximum absolute atomic E-state index is 12.1. The SMILES string of the molecule is C[C@@H](NC(=O)CCc1ccccc1O)c1ccc(-n2cncn2)cc1. The van der Waals surface area contributed by atoms with E-state index in [1.807, 2.05) is 43.3 Å². The molecule has 1 aromatic heterocycles. The van der Waals surface area contributed by atoms with Crippen LogP contribution >= 0.6 is 0 Å². The van der Waals surface area contributed by atoms with Gasteiger partial charge in [-0.15, -0.1) is 0 Å². The Morgan fingerprint density at radius 1 is 1.20 bits per heavy atom. The van der Waals surface area contributed by atoms with Crippen LogP contribution in [0.4, 0.5) is 0 Å². The lowest BCUT2D eigenvalue weighted by atomic mass is 10.1. The predicted octanol–water partition coefficient (Wildman–Crippen LogP) is 2.78. The molecule has 1 amide bonds. The number of amides is 1. The molecule has 128 valence electrons.